The highest BCUT2D eigenvalue weighted by atomic mass is 19.4. The van der Waals surface area contributed by atoms with E-state index in [4.69, 9.17) is 4.74 Å². The van der Waals surface area contributed by atoms with Crippen LogP contribution >= 0.6 is 0 Å². The number of alkyl halides is 3. The van der Waals surface area contributed by atoms with Gasteiger partial charge < -0.3 is 9.64 Å². The van der Waals surface area contributed by atoms with Gasteiger partial charge in [0, 0.05) is 18.5 Å². The molecule has 5 nitrogen and oxygen atoms in total. The summed E-state index contributed by atoms with van der Waals surface area (Å²) in [5.41, 5.74) is -1.21. The van der Waals surface area contributed by atoms with Gasteiger partial charge in [-0.3, -0.25) is 0 Å². The van der Waals surface area contributed by atoms with Crippen LogP contribution in [0.2, 0.25) is 0 Å². The monoisotopic (exact) mass is 331 g/mol. The first-order valence-corrected chi connectivity index (χ1v) is 7.45. The van der Waals surface area contributed by atoms with Crippen molar-refractivity contribution in [3.63, 3.8) is 0 Å². The molecule has 2 rings (SSSR count). The van der Waals surface area contributed by atoms with Crippen molar-refractivity contribution < 1.29 is 22.7 Å². The molecule has 1 aromatic heterocycles. The third-order valence-corrected chi connectivity index (χ3v) is 3.35. The number of hydrogen-bond donors (Lipinski definition) is 0. The van der Waals surface area contributed by atoms with Crippen molar-refractivity contribution >= 4 is 6.09 Å². The first-order valence-electron chi connectivity index (χ1n) is 7.45. The average Bonchev–Trinajstić information content (AvgIpc) is 2.42. The van der Waals surface area contributed by atoms with Gasteiger partial charge in [-0.15, -0.1) is 0 Å². The normalized spacial score (nSPS) is 15.3. The molecule has 0 bridgehead atoms. The van der Waals surface area contributed by atoms with E-state index >= 15 is 0 Å². The summed E-state index contributed by atoms with van der Waals surface area (Å²) in [7, 11) is 0. The maximum atomic E-state index is 13.2. The van der Waals surface area contributed by atoms with Gasteiger partial charge >= 0.3 is 12.3 Å². The van der Waals surface area contributed by atoms with Gasteiger partial charge in [-0.05, 0) is 27.2 Å². The van der Waals surface area contributed by atoms with Crippen LogP contribution in [0, 0.1) is 0 Å². The minimum atomic E-state index is -4.52. The van der Waals surface area contributed by atoms with E-state index in [1.165, 1.54) is 4.90 Å². The molecule has 0 radical (unpaired) electrons. The van der Waals surface area contributed by atoms with E-state index in [2.05, 4.69) is 9.97 Å². The number of aromatic nitrogens is 2. The lowest BCUT2D eigenvalue weighted by molar-refractivity contribution is -0.142. The van der Waals surface area contributed by atoms with Crippen LogP contribution in [0.3, 0.4) is 0 Å². The van der Waals surface area contributed by atoms with E-state index in [0.29, 0.717) is 6.42 Å². The molecule has 1 aliphatic heterocycles. The van der Waals surface area contributed by atoms with Gasteiger partial charge in [0.25, 0.3) is 0 Å². The van der Waals surface area contributed by atoms with Gasteiger partial charge in [-0.2, -0.15) is 13.2 Å². The summed E-state index contributed by atoms with van der Waals surface area (Å²) in [6.07, 6.45) is -4.71. The highest BCUT2D eigenvalue weighted by Crippen LogP contribution is 2.34. The number of carbonyl (C=O) groups excluding carboxylic acids is 1. The predicted octanol–water partition coefficient (Wildman–Crippen LogP) is 3.35. The zero-order chi connectivity index (χ0) is 17.4. The van der Waals surface area contributed by atoms with Crippen LogP contribution in [0.15, 0.2) is 0 Å². The first kappa shape index (κ1) is 17.5. The van der Waals surface area contributed by atoms with Gasteiger partial charge in [-0.1, -0.05) is 6.92 Å². The maximum Gasteiger partial charge on any atom is 0.433 e. The lowest BCUT2D eigenvalue weighted by Crippen LogP contribution is -2.41. The summed E-state index contributed by atoms with van der Waals surface area (Å²) in [6, 6.07) is 0. The number of aryl methyl sites for hydroxylation is 1. The Morgan fingerprint density at radius 2 is 1.91 bits per heavy atom. The lowest BCUT2D eigenvalue weighted by Gasteiger charge is -2.31. The smallest absolute Gasteiger partial charge is 0.433 e. The van der Waals surface area contributed by atoms with Crippen molar-refractivity contribution in [3.8, 4) is 0 Å². The Kier molecular flexibility index (Phi) is 4.54. The molecule has 1 amide bonds. The van der Waals surface area contributed by atoms with Crippen LogP contribution in [0.1, 0.15) is 50.5 Å². The maximum absolute atomic E-state index is 13.2. The Morgan fingerprint density at radius 1 is 1.26 bits per heavy atom. The highest BCUT2D eigenvalue weighted by Gasteiger charge is 2.39. The van der Waals surface area contributed by atoms with E-state index in [1.807, 2.05) is 0 Å². The summed E-state index contributed by atoms with van der Waals surface area (Å²) < 4.78 is 44.8. The second-order valence-electron chi connectivity index (χ2n) is 6.42. The largest absolute Gasteiger partial charge is 0.444 e. The summed E-state index contributed by atoms with van der Waals surface area (Å²) >= 11 is 0. The van der Waals surface area contributed by atoms with Crippen molar-refractivity contribution in [2.45, 2.75) is 58.9 Å². The highest BCUT2D eigenvalue weighted by molar-refractivity contribution is 5.68. The molecule has 2 heterocycles. The predicted molar refractivity (Wildman–Crippen MR) is 76.8 cm³/mol. The minimum Gasteiger partial charge on any atom is -0.444 e. The van der Waals surface area contributed by atoms with Crippen molar-refractivity contribution in [1.82, 2.24) is 14.9 Å². The number of amides is 1. The van der Waals surface area contributed by atoms with Crippen molar-refractivity contribution in [3.05, 3.63) is 22.8 Å². The summed E-state index contributed by atoms with van der Waals surface area (Å²) in [4.78, 5) is 21.3. The van der Waals surface area contributed by atoms with E-state index in [1.54, 1.807) is 27.7 Å². The second kappa shape index (κ2) is 5.98. The number of rotatable bonds is 1. The Labute approximate surface area is 132 Å². The van der Waals surface area contributed by atoms with Crippen molar-refractivity contribution in [2.75, 3.05) is 6.54 Å². The molecular formula is C15H20F3N3O2. The quantitative estimate of drug-likeness (QED) is 0.792. The molecule has 0 atom stereocenters. The Hall–Kier alpha value is -1.86. The molecule has 0 unspecified atom stereocenters. The molecule has 0 spiro atoms. The van der Waals surface area contributed by atoms with E-state index in [9.17, 15) is 18.0 Å². The van der Waals surface area contributed by atoms with Crippen LogP contribution in [0.4, 0.5) is 18.0 Å². The third kappa shape index (κ3) is 4.11. The first-order chi connectivity index (χ1) is 10.5. The standard InChI is InChI=1S/C15H20F3N3O2/c1-5-11-19-10-8-21(13(22)23-14(2,3)4)7-6-9(10)12(20-11)15(16,17)18/h5-8H2,1-4H3. The molecule has 128 valence electrons. The van der Waals surface area contributed by atoms with Crippen LogP contribution in [-0.2, 0) is 30.3 Å². The molecule has 0 aliphatic carbocycles. The number of carbonyl (C=O) groups is 1. The SMILES string of the molecule is CCc1nc2c(c(C(F)(F)F)n1)CCN(C(=O)OC(C)(C)C)C2. The van der Waals surface area contributed by atoms with Gasteiger partial charge in [-0.25, -0.2) is 14.8 Å². The number of nitrogens with zero attached hydrogens (tertiary/aromatic N) is 3. The fraction of sp³-hybridized carbons (Fsp3) is 0.667. The van der Waals surface area contributed by atoms with E-state index < -0.39 is 23.6 Å². The molecule has 0 fully saturated rings. The fourth-order valence-corrected chi connectivity index (χ4v) is 2.36. The topological polar surface area (TPSA) is 55.3 Å². The van der Waals surface area contributed by atoms with Gasteiger partial charge in [0.05, 0.1) is 12.2 Å². The van der Waals surface area contributed by atoms with Crippen LogP contribution in [0.25, 0.3) is 0 Å². The summed E-state index contributed by atoms with van der Waals surface area (Å²) in [5, 5.41) is 0. The van der Waals surface area contributed by atoms with Gasteiger partial charge in [0.15, 0.2) is 5.69 Å². The van der Waals surface area contributed by atoms with Crippen LogP contribution in [0.5, 0.6) is 0 Å². The average molecular weight is 331 g/mol. The van der Waals surface area contributed by atoms with Crippen LogP contribution in [-0.4, -0.2) is 33.1 Å². The lowest BCUT2D eigenvalue weighted by atomic mass is 10.0. The Balaban J connectivity index is 2.32. The summed E-state index contributed by atoms with van der Waals surface area (Å²) in [5.74, 6) is 0.127. The molecule has 1 aliphatic rings. The number of hydrogen-bond acceptors (Lipinski definition) is 4. The minimum absolute atomic E-state index is 0.00282. The van der Waals surface area contributed by atoms with Gasteiger partial charge in [0.1, 0.15) is 11.4 Å². The molecule has 0 saturated heterocycles. The van der Waals surface area contributed by atoms with Crippen molar-refractivity contribution in [1.29, 1.82) is 0 Å². The number of ether oxygens (including phenoxy) is 1. The molecular weight excluding hydrogens is 311 g/mol. The van der Waals surface area contributed by atoms with Gasteiger partial charge in [0.2, 0.25) is 0 Å². The number of fused-ring (bicyclic) bond motifs is 1. The zero-order valence-electron chi connectivity index (χ0n) is 13.6. The third-order valence-electron chi connectivity index (χ3n) is 3.35. The van der Waals surface area contributed by atoms with E-state index in [0.717, 1.165) is 0 Å². The molecule has 8 heteroatoms. The van der Waals surface area contributed by atoms with E-state index in [-0.39, 0.29) is 36.6 Å². The number of halogens is 3. The van der Waals surface area contributed by atoms with Crippen molar-refractivity contribution in [2.24, 2.45) is 0 Å². The summed E-state index contributed by atoms with van der Waals surface area (Å²) in [6.45, 7) is 7.06. The zero-order valence-corrected chi connectivity index (χ0v) is 13.6. The van der Waals surface area contributed by atoms with Crippen LogP contribution < -0.4 is 0 Å². The molecule has 23 heavy (non-hydrogen) atoms. The molecule has 0 saturated carbocycles. The fourth-order valence-electron chi connectivity index (χ4n) is 2.36. The molecule has 0 N–H and O–H groups in total. The Bertz CT molecular complexity index is 609. The second-order valence-corrected chi connectivity index (χ2v) is 6.42. The molecule has 0 aromatic carbocycles. The molecule has 1 aromatic rings. The Morgan fingerprint density at radius 3 is 2.43 bits per heavy atom.